The van der Waals surface area contributed by atoms with E-state index in [2.05, 4.69) is 22.5 Å². The Morgan fingerprint density at radius 3 is 1.56 bits per heavy atom. The molecule has 6 heteroatoms. The molecule has 1 fully saturated rings. The third-order valence-electron chi connectivity index (χ3n) is 5.39. The zero-order chi connectivity index (χ0) is 23.1. The Morgan fingerprint density at radius 1 is 0.812 bits per heavy atom. The van der Waals surface area contributed by atoms with E-state index >= 15 is 0 Å². The Kier molecular flexibility index (Phi) is 7.73. The van der Waals surface area contributed by atoms with Crippen LogP contribution in [0.15, 0.2) is 59.7 Å². The maximum Gasteiger partial charge on any atom is 0.251 e. The van der Waals surface area contributed by atoms with Gasteiger partial charge in [-0.3, -0.25) is 19.3 Å². The number of carbonyl (C=O) groups excluding carboxylic acids is 3. The number of nitrogens with zero attached hydrogens (tertiary/aromatic N) is 1. The van der Waals surface area contributed by atoms with E-state index in [-0.39, 0.29) is 17.6 Å². The summed E-state index contributed by atoms with van der Waals surface area (Å²) in [5.74, 6) is -0.248. The second-order valence-electron chi connectivity index (χ2n) is 7.78. The van der Waals surface area contributed by atoms with Crippen molar-refractivity contribution in [2.75, 3.05) is 33.7 Å². The normalized spacial score (nSPS) is 16.9. The molecule has 1 saturated heterocycles. The monoisotopic (exact) mass is 431 g/mol. The van der Waals surface area contributed by atoms with Crippen LogP contribution < -0.4 is 10.6 Å². The lowest BCUT2D eigenvalue weighted by Gasteiger charge is -2.29. The maximum atomic E-state index is 13.2. The van der Waals surface area contributed by atoms with Crippen molar-refractivity contribution >= 4 is 29.7 Å². The second-order valence-corrected chi connectivity index (χ2v) is 7.78. The molecule has 2 N–H and O–H groups in total. The molecule has 0 radical (unpaired) electrons. The van der Waals surface area contributed by atoms with Gasteiger partial charge in [0.15, 0.2) is 5.78 Å². The number of rotatable bonds is 6. The van der Waals surface area contributed by atoms with Crippen LogP contribution in [0, 0.1) is 0 Å². The van der Waals surface area contributed by atoms with Gasteiger partial charge in [0.1, 0.15) is 0 Å². The highest BCUT2D eigenvalue weighted by Gasteiger charge is 2.25. The molecule has 0 unspecified atom stereocenters. The molecular weight excluding hydrogens is 402 g/mol. The predicted molar refractivity (Wildman–Crippen MR) is 127 cm³/mol. The summed E-state index contributed by atoms with van der Waals surface area (Å²) in [4.78, 5) is 39.0. The Hall–Kier alpha value is -3.51. The Morgan fingerprint density at radius 2 is 1.22 bits per heavy atom. The van der Waals surface area contributed by atoms with Crippen molar-refractivity contribution in [1.82, 2.24) is 15.5 Å². The van der Waals surface area contributed by atoms with E-state index in [0.29, 0.717) is 24.2 Å². The van der Waals surface area contributed by atoms with E-state index in [1.165, 1.54) is 0 Å². The van der Waals surface area contributed by atoms with Crippen LogP contribution in [-0.2, 0) is 4.79 Å². The van der Waals surface area contributed by atoms with Crippen LogP contribution in [0.1, 0.15) is 45.2 Å². The van der Waals surface area contributed by atoms with Crippen LogP contribution in [-0.4, -0.2) is 56.2 Å². The van der Waals surface area contributed by atoms with Gasteiger partial charge in [-0.15, -0.1) is 0 Å². The summed E-state index contributed by atoms with van der Waals surface area (Å²) in [6, 6.07) is 14.4. The van der Waals surface area contributed by atoms with Crippen molar-refractivity contribution in [3.63, 3.8) is 0 Å². The van der Waals surface area contributed by atoms with Crippen molar-refractivity contribution < 1.29 is 14.4 Å². The first-order chi connectivity index (χ1) is 15.4. The fourth-order valence-electron chi connectivity index (χ4n) is 3.74. The number of amides is 2. The minimum absolute atomic E-state index is 0.0307. The van der Waals surface area contributed by atoms with Gasteiger partial charge in [-0.05, 0) is 60.5 Å². The molecule has 0 aromatic heterocycles. The lowest BCUT2D eigenvalue weighted by molar-refractivity contribution is -0.113. The van der Waals surface area contributed by atoms with E-state index in [4.69, 9.17) is 0 Å². The van der Waals surface area contributed by atoms with Crippen molar-refractivity contribution in [2.45, 2.75) is 13.3 Å². The van der Waals surface area contributed by atoms with Gasteiger partial charge in [0.05, 0.1) is 0 Å². The fourth-order valence-corrected chi connectivity index (χ4v) is 3.74. The van der Waals surface area contributed by atoms with Crippen LogP contribution in [0.5, 0.6) is 0 Å². The summed E-state index contributed by atoms with van der Waals surface area (Å²) in [5, 5.41) is 5.21. The first-order valence-corrected chi connectivity index (χ1v) is 10.8. The molecule has 6 nitrogen and oxygen atoms in total. The van der Waals surface area contributed by atoms with Gasteiger partial charge in [-0.2, -0.15) is 0 Å². The maximum absolute atomic E-state index is 13.2. The number of ketones is 1. The largest absolute Gasteiger partial charge is 0.355 e. The van der Waals surface area contributed by atoms with Crippen molar-refractivity contribution in [3.8, 4) is 0 Å². The summed E-state index contributed by atoms with van der Waals surface area (Å²) in [6.45, 7) is 4.21. The predicted octanol–water partition coefficient (Wildman–Crippen LogP) is 3.17. The highest BCUT2D eigenvalue weighted by Crippen LogP contribution is 2.23. The molecule has 2 aromatic rings. The highest BCUT2D eigenvalue weighted by atomic mass is 16.2. The first-order valence-electron chi connectivity index (χ1n) is 10.8. The molecule has 32 heavy (non-hydrogen) atoms. The van der Waals surface area contributed by atoms with Crippen LogP contribution in [0.2, 0.25) is 0 Å². The molecule has 166 valence electrons. The lowest BCUT2D eigenvalue weighted by atomic mass is 9.93. The highest BCUT2D eigenvalue weighted by molar-refractivity contribution is 6.14. The van der Waals surface area contributed by atoms with Crippen molar-refractivity contribution in [2.24, 2.45) is 0 Å². The van der Waals surface area contributed by atoms with Crippen LogP contribution in [0.3, 0.4) is 0 Å². The summed E-state index contributed by atoms with van der Waals surface area (Å²) < 4.78 is 0. The molecular formula is C26H29N3O3. The standard InChI is InChI=1S/C26H29N3O3/c1-4-13-29-16-22(14-18-5-9-20(10-6-18)25(31)27-2)24(30)23(17-29)15-19-7-11-21(12-8-19)26(32)28-3/h5-12,14-15H,4,13,16-17H2,1-3H3,(H,27,31)(H,28,32). The number of Topliss-reactive ketones (excluding diaryl/α,β-unsaturated/α-hetero) is 1. The summed E-state index contributed by atoms with van der Waals surface area (Å²) in [6.07, 6.45) is 4.80. The van der Waals surface area contributed by atoms with E-state index in [1.807, 2.05) is 36.4 Å². The van der Waals surface area contributed by atoms with Gasteiger partial charge in [0.2, 0.25) is 0 Å². The Labute approximate surface area is 189 Å². The summed E-state index contributed by atoms with van der Waals surface area (Å²) >= 11 is 0. The minimum atomic E-state index is -0.139. The molecule has 1 heterocycles. The molecule has 2 amide bonds. The lowest BCUT2D eigenvalue weighted by Crippen LogP contribution is -2.38. The van der Waals surface area contributed by atoms with Gasteiger partial charge < -0.3 is 10.6 Å². The van der Waals surface area contributed by atoms with E-state index in [0.717, 1.165) is 35.2 Å². The van der Waals surface area contributed by atoms with E-state index in [1.54, 1.807) is 38.4 Å². The average molecular weight is 432 g/mol. The van der Waals surface area contributed by atoms with Gasteiger partial charge in [-0.25, -0.2) is 0 Å². The number of hydrogen-bond donors (Lipinski definition) is 2. The number of nitrogens with one attached hydrogen (secondary N) is 2. The second kappa shape index (κ2) is 10.7. The third-order valence-corrected chi connectivity index (χ3v) is 5.39. The molecule has 1 aliphatic rings. The minimum Gasteiger partial charge on any atom is -0.355 e. The zero-order valence-electron chi connectivity index (χ0n) is 18.8. The SMILES string of the molecule is CCCN1CC(=Cc2ccc(C(=O)NC)cc2)C(=O)C(=Cc2ccc(C(=O)NC)cc2)C1. The smallest absolute Gasteiger partial charge is 0.251 e. The molecule has 0 aliphatic carbocycles. The van der Waals surface area contributed by atoms with E-state index < -0.39 is 0 Å². The molecule has 0 atom stereocenters. The number of carbonyl (C=O) groups is 3. The van der Waals surface area contributed by atoms with Gasteiger partial charge >= 0.3 is 0 Å². The third kappa shape index (κ3) is 5.59. The van der Waals surface area contributed by atoms with Crippen LogP contribution >= 0.6 is 0 Å². The molecule has 0 bridgehead atoms. The average Bonchev–Trinajstić information content (AvgIpc) is 2.82. The summed E-state index contributed by atoms with van der Waals surface area (Å²) in [5.41, 5.74) is 4.38. The number of piperidine rings is 1. The van der Waals surface area contributed by atoms with Crippen molar-refractivity contribution in [3.05, 3.63) is 81.9 Å². The van der Waals surface area contributed by atoms with Gasteiger partial charge in [0.25, 0.3) is 11.8 Å². The van der Waals surface area contributed by atoms with Crippen LogP contribution in [0.25, 0.3) is 12.2 Å². The number of likely N-dealkylation sites (tertiary alicyclic amines) is 1. The van der Waals surface area contributed by atoms with Crippen LogP contribution in [0.4, 0.5) is 0 Å². The number of hydrogen-bond acceptors (Lipinski definition) is 4. The first kappa shape index (κ1) is 23.2. The molecule has 1 aliphatic heterocycles. The molecule has 0 spiro atoms. The Balaban J connectivity index is 1.88. The zero-order valence-corrected chi connectivity index (χ0v) is 18.8. The quantitative estimate of drug-likeness (QED) is 0.689. The molecule has 2 aromatic carbocycles. The fraction of sp³-hybridized carbons (Fsp3) is 0.269. The molecule has 0 saturated carbocycles. The summed E-state index contributed by atoms with van der Waals surface area (Å²) in [7, 11) is 3.20. The topological polar surface area (TPSA) is 78.5 Å². The van der Waals surface area contributed by atoms with Gasteiger partial charge in [0, 0.05) is 49.5 Å². The molecule has 3 rings (SSSR count). The van der Waals surface area contributed by atoms with E-state index in [9.17, 15) is 14.4 Å². The number of benzene rings is 2. The Bertz CT molecular complexity index is 969. The van der Waals surface area contributed by atoms with Gasteiger partial charge in [-0.1, -0.05) is 31.2 Å². The van der Waals surface area contributed by atoms with Crippen molar-refractivity contribution in [1.29, 1.82) is 0 Å².